The van der Waals surface area contributed by atoms with Gasteiger partial charge in [0.05, 0.1) is 11.9 Å². The summed E-state index contributed by atoms with van der Waals surface area (Å²) in [6.45, 7) is 1.67. The predicted molar refractivity (Wildman–Crippen MR) is 61.5 cm³/mol. The summed E-state index contributed by atoms with van der Waals surface area (Å²) in [5.41, 5.74) is 0. The molecule has 15 heavy (non-hydrogen) atoms. The van der Waals surface area contributed by atoms with Crippen LogP contribution in [0.4, 0.5) is 0 Å². The molecule has 1 aliphatic rings. The zero-order valence-electron chi connectivity index (χ0n) is 9.48. The van der Waals surface area contributed by atoms with Crippen LogP contribution in [-0.4, -0.2) is 31.1 Å². The summed E-state index contributed by atoms with van der Waals surface area (Å²) in [5.74, 6) is 0.870. The molecule has 1 N–H and O–H groups in total. The van der Waals surface area contributed by atoms with E-state index in [-0.39, 0.29) is 17.6 Å². The van der Waals surface area contributed by atoms with Crippen molar-refractivity contribution >= 4 is 9.84 Å². The molecule has 1 rings (SSSR count). The highest BCUT2D eigenvalue weighted by atomic mass is 32.2. The van der Waals surface area contributed by atoms with Crippen LogP contribution in [0.2, 0.25) is 0 Å². The van der Waals surface area contributed by atoms with Gasteiger partial charge in [-0.2, -0.15) is 0 Å². The lowest BCUT2D eigenvalue weighted by Gasteiger charge is -2.17. The Morgan fingerprint density at radius 2 is 1.93 bits per heavy atom. The lowest BCUT2D eigenvalue weighted by Crippen LogP contribution is -2.19. The SMILES string of the molecule is CCS(=O)(=O)CCCC(O)C1CCCC1. The smallest absolute Gasteiger partial charge is 0.150 e. The molecular formula is C11H22O3S. The van der Waals surface area contributed by atoms with Crippen molar-refractivity contribution in [2.24, 2.45) is 5.92 Å². The first-order valence-electron chi connectivity index (χ1n) is 5.93. The maximum Gasteiger partial charge on any atom is 0.150 e. The molecule has 3 nitrogen and oxygen atoms in total. The van der Waals surface area contributed by atoms with Gasteiger partial charge in [0.2, 0.25) is 0 Å². The Bertz CT molecular complexity index is 266. The molecule has 90 valence electrons. The van der Waals surface area contributed by atoms with Crippen molar-refractivity contribution in [1.29, 1.82) is 0 Å². The minimum Gasteiger partial charge on any atom is -0.393 e. The molecule has 0 aromatic heterocycles. The van der Waals surface area contributed by atoms with Gasteiger partial charge in [0, 0.05) is 5.75 Å². The van der Waals surface area contributed by atoms with E-state index >= 15 is 0 Å². The molecule has 4 heteroatoms. The van der Waals surface area contributed by atoms with Crippen molar-refractivity contribution < 1.29 is 13.5 Å². The van der Waals surface area contributed by atoms with Gasteiger partial charge < -0.3 is 5.11 Å². The first-order chi connectivity index (χ1) is 7.05. The van der Waals surface area contributed by atoms with E-state index in [1.165, 1.54) is 12.8 Å². The average Bonchev–Trinajstić information content (AvgIpc) is 2.70. The summed E-state index contributed by atoms with van der Waals surface area (Å²) in [7, 11) is -2.85. The second-order valence-corrected chi connectivity index (χ2v) is 6.96. The fourth-order valence-corrected chi connectivity index (χ4v) is 3.13. The largest absolute Gasteiger partial charge is 0.393 e. The van der Waals surface area contributed by atoms with E-state index in [4.69, 9.17) is 0 Å². The Kier molecular flexibility index (Phi) is 5.06. The first kappa shape index (κ1) is 13.0. The van der Waals surface area contributed by atoms with Gasteiger partial charge in [-0.3, -0.25) is 0 Å². The molecule has 1 unspecified atom stereocenters. The number of aliphatic hydroxyl groups is 1. The topological polar surface area (TPSA) is 54.4 Å². The highest BCUT2D eigenvalue weighted by Crippen LogP contribution is 2.29. The second kappa shape index (κ2) is 5.85. The minimum absolute atomic E-state index is 0.215. The molecule has 0 aromatic carbocycles. The number of sulfone groups is 1. The molecule has 0 radical (unpaired) electrons. The molecule has 0 aromatic rings. The quantitative estimate of drug-likeness (QED) is 0.762. The van der Waals surface area contributed by atoms with E-state index in [1.807, 2.05) is 0 Å². The van der Waals surface area contributed by atoms with Gasteiger partial charge in [0.15, 0.2) is 0 Å². The van der Waals surface area contributed by atoms with E-state index in [9.17, 15) is 13.5 Å². The van der Waals surface area contributed by atoms with E-state index in [0.29, 0.717) is 18.8 Å². The monoisotopic (exact) mass is 234 g/mol. The van der Waals surface area contributed by atoms with Crippen molar-refractivity contribution in [3.8, 4) is 0 Å². The fraction of sp³-hybridized carbons (Fsp3) is 1.00. The van der Waals surface area contributed by atoms with Crippen molar-refractivity contribution in [2.45, 2.75) is 51.6 Å². The Hall–Kier alpha value is -0.0900. The molecule has 0 bridgehead atoms. The van der Waals surface area contributed by atoms with Crippen LogP contribution < -0.4 is 0 Å². The highest BCUT2D eigenvalue weighted by molar-refractivity contribution is 7.91. The van der Waals surface area contributed by atoms with E-state index < -0.39 is 9.84 Å². The Labute approximate surface area is 92.8 Å². The van der Waals surface area contributed by atoms with Gasteiger partial charge in [0.1, 0.15) is 9.84 Å². The van der Waals surface area contributed by atoms with Crippen molar-refractivity contribution in [2.75, 3.05) is 11.5 Å². The van der Waals surface area contributed by atoms with Gasteiger partial charge in [0.25, 0.3) is 0 Å². The normalized spacial score (nSPS) is 20.7. The van der Waals surface area contributed by atoms with Crippen LogP contribution in [-0.2, 0) is 9.84 Å². The number of aliphatic hydroxyl groups excluding tert-OH is 1. The van der Waals surface area contributed by atoms with Gasteiger partial charge in [-0.25, -0.2) is 8.42 Å². The fourth-order valence-electron chi connectivity index (χ4n) is 2.23. The second-order valence-electron chi connectivity index (χ2n) is 4.49. The van der Waals surface area contributed by atoms with Crippen LogP contribution in [0, 0.1) is 5.92 Å². The minimum atomic E-state index is -2.85. The zero-order chi connectivity index (χ0) is 11.3. The lowest BCUT2D eigenvalue weighted by molar-refractivity contribution is 0.101. The molecule has 1 fully saturated rings. The summed E-state index contributed by atoms with van der Waals surface area (Å²) in [6, 6.07) is 0. The van der Waals surface area contributed by atoms with E-state index in [0.717, 1.165) is 12.8 Å². The van der Waals surface area contributed by atoms with Crippen LogP contribution in [0.1, 0.15) is 45.4 Å². The summed E-state index contributed by atoms with van der Waals surface area (Å²) >= 11 is 0. The van der Waals surface area contributed by atoms with Crippen LogP contribution in [0.5, 0.6) is 0 Å². The van der Waals surface area contributed by atoms with Crippen LogP contribution in [0.3, 0.4) is 0 Å². The van der Waals surface area contributed by atoms with Crippen LogP contribution >= 0.6 is 0 Å². The number of hydrogen-bond donors (Lipinski definition) is 1. The van der Waals surface area contributed by atoms with Crippen molar-refractivity contribution in [3.05, 3.63) is 0 Å². The van der Waals surface area contributed by atoms with Crippen LogP contribution in [0.25, 0.3) is 0 Å². The third-order valence-electron chi connectivity index (χ3n) is 3.34. The highest BCUT2D eigenvalue weighted by Gasteiger charge is 2.23. The first-order valence-corrected chi connectivity index (χ1v) is 7.76. The third kappa shape index (κ3) is 4.51. The maximum absolute atomic E-state index is 11.2. The Balaban J connectivity index is 2.19. The third-order valence-corrected chi connectivity index (χ3v) is 5.13. The maximum atomic E-state index is 11.2. The van der Waals surface area contributed by atoms with Gasteiger partial charge >= 0.3 is 0 Å². The summed E-state index contributed by atoms with van der Waals surface area (Å²) in [4.78, 5) is 0. The molecule has 0 saturated heterocycles. The lowest BCUT2D eigenvalue weighted by atomic mass is 9.97. The van der Waals surface area contributed by atoms with E-state index in [1.54, 1.807) is 6.92 Å². The predicted octanol–water partition coefficient (Wildman–Crippen LogP) is 1.75. The number of rotatable bonds is 6. The molecular weight excluding hydrogens is 212 g/mol. The summed E-state index contributed by atoms with van der Waals surface area (Å²) in [5, 5.41) is 9.82. The van der Waals surface area contributed by atoms with Crippen molar-refractivity contribution in [1.82, 2.24) is 0 Å². The summed E-state index contributed by atoms with van der Waals surface area (Å²) in [6.07, 6.45) is 5.63. The van der Waals surface area contributed by atoms with Gasteiger partial charge in [-0.05, 0) is 31.6 Å². The molecule has 0 spiro atoms. The Morgan fingerprint density at radius 1 is 1.33 bits per heavy atom. The number of hydrogen-bond acceptors (Lipinski definition) is 3. The molecule has 0 aliphatic heterocycles. The Morgan fingerprint density at radius 3 is 2.47 bits per heavy atom. The standard InChI is InChI=1S/C11H22O3S/c1-2-15(13,14)9-5-8-11(12)10-6-3-4-7-10/h10-12H,2-9H2,1H3. The molecule has 1 atom stereocenters. The zero-order valence-corrected chi connectivity index (χ0v) is 10.3. The van der Waals surface area contributed by atoms with Crippen molar-refractivity contribution in [3.63, 3.8) is 0 Å². The van der Waals surface area contributed by atoms with Gasteiger partial charge in [-0.15, -0.1) is 0 Å². The molecule has 1 aliphatic carbocycles. The van der Waals surface area contributed by atoms with Crippen LogP contribution in [0.15, 0.2) is 0 Å². The van der Waals surface area contributed by atoms with Gasteiger partial charge in [-0.1, -0.05) is 19.8 Å². The molecule has 1 saturated carbocycles. The summed E-state index contributed by atoms with van der Waals surface area (Å²) < 4.78 is 22.4. The molecule has 0 amide bonds. The van der Waals surface area contributed by atoms with E-state index in [2.05, 4.69) is 0 Å². The average molecular weight is 234 g/mol. The molecule has 0 heterocycles.